The highest BCUT2D eigenvalue weighted by Gasteiger charge is 2.33. The summed E-state index contributed by atoms with van der Waals surface area (Å²) in [4.78, 5) is 17.9. The van der Waals surface area contributed by atoms with Crippen LogP contribution in [-0.2, 0) is 27.3 Å². The van der Waals surface area contributed by atoms with Crippen LogP contribution >= 0.6 is 0 Å². The number of nitrogens with zero attached hydrogens (tertiary/aromatic N) is 2. The third-order valence-electron chi connectivity index (χ3n) is 8.56. The molecule has 2 aliphatic rings. The van der Waals surface area contributed by atoms with Crippen molar-refractivity contribution < 1.29 is 31.1 Å². The molecule has 5 rings (SSSR count). The standard InChI is InChI=1S/C33H38F3N3O4S/c1-2-44(41,42)31-15-3-24(4-16-31)21-37-32(40)26-7-12-29(13-8-26)39-22-27(25-5-10-28(11-6-25)33(34,35)36)9-14-30(39)23-38-17-19-43-20-18-38/h3-8,10-13,15-16,27,30H,2,9,14,17-23H2,1H3,(H,37,40)/t27-,30+/m1/s1. The van der Waals surface area contributed by atoms with Gasteiger partial charge in [-0.1, -0.05) is 31.2 Å². The highest BCUT2D eigenvalue weighted by Crippen LogP contribution is 2.36. The van der Waals surface area contributed by atoms with Gasteiger partial charge in [-0.05, 0) is 72.5 Å². The summed E-state index contributed by atoms with van der Waals surface area (Å²) < 4.78 is 69.0. The van der Waals surface area contributed by atoms with Gasteiger partial charge in [0.2, 0.25) is 0 Å². The van der Waals surface area contributed by atoms with E-state index in [0.717, 1.165) is 61.4 Å². The van der Waals surface area contributed by atoms with E-state index in [-0.39, 0.29) is 35.1 Å². The van der Waals surface area contributed by atoms with Crippen molar-refractivity contribution in [3.05, 3.63) is 95.1 Å². The van der Waals surface area contributed by atoms with Crippen molar-refractivity contribution in [2.24, 2.45) is 0 Å². The quantitative estimate of drug-likeness (QED) is 0.336. The highest BCUT2D eigenvalue weighted by atomic mass is 32.2. The van der Waals surface area contributed by atoms with Crippen LogP contribution in [0, 0.1) is 0 Å². The summed E-state index contributed by atoms with van der Waals surface area (Å²) in [6.45, 7) is 6.52. The summed E-state index contributed by atoms with van der Waals surface area (Å²) >= 11 is 0. The van der Waals surface area contributed by atoms with Gasteiger partial charge in [0, 0.05) is 55.9 Å². The minimum atomic E-state index is -4.36. The predicted octanol–water partition coefficient (Wildman–Crippen LogP) is 5.51. The summed E-state index contributed by atoms with van der Waals surface area (Å²) in [5.41, 5.74) is 2.50. The number of sulfone groups is 1. The van der Waals surface area contributed by atoms with Gasteiger partial charge in [0.15, 0.2) is 9.84 Å². The number of morpholine rings is 1. The molecule has 0 bridgehead atoms. The zero-order valence-corrected chi connectivity index (χ0v) is 25.5. The Morgan fingerprint density at radius 3 is 2.20 bits per heavy atom. The first kappa shape index (κ1) is 32.0. The van der Waals surface area contributed by atoms with Crippen molar-refractivity contribution in [1.82, 2.24) is 10.2 Å². The van der Waals surface area contributed by atoms with E-state index in [4.69, 9.17) is 4.74 Å². The van der Waals surface area contributed by atoms with Crippen molar-refractivity contribution in [3.8, 4) is 0 Å². The van der Waals surface area contributed by atoms with Crippen LogP contribution in [0.4, 0.5) is 18.9 Å². The number of hydrogen-bond acceptors (Lipinski definition) is 6. The zero-order chi connectivity index (χ0) is 31.3. The third kappa shape index (κ3) is 7.80. The maximum atomic E-state index is 13.1. The number of amides is 1. The molecule has 2 atom stereocenters. The van der Waals surface area contributed by atoms with Gasteiger partial charge >= 0.3 is 6.18 Å². The van der Waals surface area contributed by atoms with E-state index >= 15 is 0 Å². The van der Waals surface area contributed by atoms with Crippen LogP contribution in [0.5, 0.6) is 0 Å². The Morgan fingerprint density at radius 1 is 0.932 bits per heavy atom. The maximum absolute atomic E-state index is 13.1. The largest absolute Gasteiger partial charge is 0.416 e. The fraction of sp³-hybridized carbons (Fsp3) is 0.424. The van der Waals surface area contributed by atoms with Crippen molar-refractivity contribution >= 4 is 21.4 Å². The minimum Gasteiger partial charge on any atom is -0.379 e. The van der Waals surface area contributed by atoms with Crippen LogP contribution in [0.3, 0.4) is 0 Å². The molecule has 1 N–H and O–H groups in total. The SMILES string of the molecule is CCS(=O)(=O)c1ccc(CNC(=O)c2ccc(N3C[C@H](c4ccc(C(F)(F)F)cc4)CC[C@H]3CN3CCOCC3)cc2)cc1. The average molecular weight is 630 g/mol. The van der Waals surface area contributed by atoms with Crippen molar-refractivity contribution in [2.75, 3.05) is 50.0 Å². The molecule has 2 aliphatic heterocycles. The number of carbonyl (C=O) groups excluding carboxylic acids is 1. The van der Waals surface area contributed by atoms with E-state index in [2.05, 4.69) is 15.1 Å². The van der Waals surface area contributed by atoms with Crippen LogP contribution < -0.4 is 10.2 Å². The van der Waals surface area contributed by atoms with Crippen molar-refractivity contribution in [2.45, 2.75) is 49.3 Å². The molecule has 0 radical (unpaired) electrons. The Balaban J connectivity index is 1.27. The maximum Gasteiger partial charge on any atom is 0.416 e. The van der Waals surface area contributed by atoms with Gasteiger partial charge in [-0.25, -0.2) is 8.42 Å². The van der Waals surface area contributed by atoms with Gasteiger partial charge in [0.25, 0.3) is 5.91 Å². The number of halogens is 3. The number of benzene rings is 3. The van der Waals surface area contributed by atoms with Crippen molar-refractivity contribution in [1.29, 1.82) is 0 Å². The molecule has 2 heterocycles. The summed E-state index contributed by atoms with van der Waals surface area (Å²) in [6.07, 6.45) is -2.59. The van der Waals surface area contributed by atoms with Crippen LogP contribution in [0.2, 0.25) is 0 Å². The lowest BCUT2D eigenvalue weighted by Gasteiger charge is -2.44. The molecule has 0 spiro atoms. The Kier molecular flexibility index (Phi) is 9.97. The molecule has 11 heteroatoms. The lowest BCUT2D eigenvalue weighted by atomic mass is 9.86. The number of nitrogens with one attached hydrogen (secondary N) is 1. The number of piperidine rings is 1. The van der Waals surface area contributed by atoms with Gasteiger partial charge in [-0.15, -0.1) is 0 Å². The van der Waals surface area contributed by atoms with E-state index in [1.165, 1.54) is 0 Å². The van der Waals surface area contributed by atoms with Gasteiger partial charge in [-0.3, -0.25) is 9.69 Å². The van der Waals surface area contributed by atoms with Gasteiger partial charge in [0.1, 0.15) is 0 Å². The van der Waals surface area contributed by atoms with Crippen LogP contribution in [-0.4, -0.2) is 70.4 Å². The van der Waals surface area contributed by atoms with E-state index in [0.29, 0.717) is 25.3 Å². The first-order chi connectivity index (χ1) is 21.0. The Bertz CT molecular complexity index is 1510. The van der Waals surface area contributed by atoms with Crippen LogP contribution in [0.1, 0.15) is 52.7 Å². The fourth-order valence-electron chi connectivity index (χ4n) is 5.90. The lowest BCUT2D eigenvalue weighted by molar-refractivity contribution is -0.137. The second kappa shape index (κ2) is 13.7. The molecule has 1 amide bonds. The molecule has 0 unspecified atom stereocenters. The van der Waals surface area contributed by atoms with E-state index < -0.39 is 21.6 Å². The molecule has 236 valence electrons. The Morgan fingerprint density at radius 2 is 1.59 bits per heavy atom. The van der Waals surface area contributed by atoms with Crippen LogP contribution in [0.15, 0.2) is 77.7 Å². The molecule has 3 aromatic carbocycles. The topological polar surface area (TPSA) is 79.0 Å². The first-order valence-corrected chi connectivity index (χ1v) is 16.6. The summed E-state index contributed by atoms with van der Waals surface area (Å²) in [5.74, 6) is -0.131. The monoisotopic (exact) mass is 629 g/mol. The zero-order valence-electron chi connectivity index (χ0n) is 24.7. The Labute approximate surface area is 256 Å². The number of ether oxygens (including phenoxy) is 1. The molecule has 0 aliphatic carbocycles. The number of carbonyl (C=O) groups is 1. The fourth-order valence-corrected chi connectivity index (χ4v) is 6.79. The molecule has 7 nitrogen and oxygen atoms in total. The molecule has 3 aromatic rings. The molecule has 44 heavy (non-hydrogen) atoms. The number of rotatable bonds is 9. The van der Waals surface area contributed by atoms with Gasteiger partial charge in [-0.2, -0.15) is 13.2 Å². The second-order valence-electron chi connectivity index (χ2n) is 11.4. The van der Waals surface area contributed by atoms with E-state index in [1.54, 1.807) is 55.5 Å². The van der Waals surface area contributed by atoms with E-state index in [1.807, 2.05) is 12.1 Å². The lowest BCUT2D eigenvalue weighted by Crippen LogP contribution is -2.51. The summed E-state index contributed by atoms with van der Waals surface area (Å²) in [7, 11) is -3.28. The number of anilines is 1. The van der Waals surface area contributed by atoms with E-state index in [9.17, 15) is 26.4 Å². The smallest absolute Gasteiger partial charge is 0.379 e. The summed E-state index contributed by atoms with van der Waals surface area (Å²) in [6, 6.07) is 19.7. The molecule has 0 aromatic heterocycles. The highest BCUT2D eigenvalue weighted by molar-refractivity contribution is 7.91. The molecule has 0 saturated carbocycles. The average Bonchev–Trinajstić information content (AvgIpc) is 3.04. The Hall–Kier alpha value is -3.41. The molecular weight excluding hydrogens is 591 g/mol. The number of alkyl halides is 3. The second-order valence-corrected chi connectivity index (χ2v) is 13.7. The molecular formula is C33H38F3N3O4S. The molecule has 2 fully saturated rings. The summed E-state index contributed by atoms with van der Waals surface area (Å²) in [5, 5.41) is 2.89. The normalized spacial score (nSPS) is 20.0. The van der Waals surface area contributed by atoms with Crippen molar-refractivity contribution in [3.63, 3.8) is 0 Å². The molecule has 2 saturated heterocycles. The van der Waals surface area contributed by atoms with Gasteiger partial charge < -0.3 is 15.0 Å². The third-order valence-corrected chi connectivity index (χ3v) is 10.3. The predicted molar refractivity (Wildman–Crippen MR) is 164 cm³/mol. The minimum absolute atomic E-state index is 0.0280. The number of hydrogen-bond donors (Lipinski definition) is 1. The van der Waals surface area contributed by atoms with Crippen LogP contribution in [0.25, 0.3) is 0 Å². The van der Waals surface area contributed by atoms with Gasteiger partial charge in [0.05, 0.1) is 29.4 Å². The first-order valence-electron chi connectivity index (χ1n) is 15.0.